The van der Waals surface area contributed by atoms with Crippen molar-refractivity contribution in [2.75, 3.05) is 13.1 Å². The van der Waals surface area contributed by atoms with Gasteiger partial charge in [0.25, 0.3) is 0 Å². The number of guanidine groups is 2. The minimum Gasteiger partial charge on any atom is -0.356 e. The van der Waals surface area contributed by atoms with Gasteiger partial charge in [0.1, 0.15) is 0 Å². The van der Waals surface area contributed by atoms with Crippen molar-refractivity contribution in [2.24, 2.45) is 0 Å². The van der Waals surface area contributed by atoms with Crippen LogP contribution >= 0.6 is 0 Å². The Hall–Kier alpha value is -2.82. The van der Waals surface area contributed by atoms with Crippen molar-refractivity contribution in [3.63, 3.8) is 0 Å². The van der Waals surface area contributed by atoms with E-state index in [-0.39, 0.29) is 11.9 Å². The van der Waals surface area contributed by atoms with E-state index >= 15 is 0 Å². The van der Waals surface area contributed by atoms with Crippen molar-refractivity contribution in [1.29, 1.82) is 10.8 Å². The molecular formula is C18H23N5. The van der Waals surface area contributed by atoms with Gasteiger partial charge in [0.05, 0.1) is 0 Å². The number of nitrogens with one attached hydrogen (secondary N) is 5. The van der Waals surface area contributed by atoms with Crippen LogP contribution in [0.2, 0.25) is 0 Å². The highest BCUT2D eigenvalue weighted by atomic mass is 15.2. The molecule has 0 radical (unpaired) electrons. The molecule has 5 nitrogen and oxygen atoms in total. The van der Waals surface area contributed by atoms with Crippen molar-refractivity contribution < 1.29 is 0 Å². The molecule has 0 unspecified atom stereocenters. The molecule has 0 amide bonds. The Morgan fingerprint density at radius 3 is 1.43 bits per heavy atom. The lowest BCUT2D eigenvalue weighted by atomic mass is 10.1. The molecule has 0 aromatic heterocycles. The number of hydrogen-bond donors (Lipinski definition) is 5. The zero-order valence-electron chi connectivity index (χ0n) is 13.1. The molecule has 0 aliphatic heterocycles. The van der Waals surface area contributed by atoms with Crippen LogP contribution in [-0.2, 0) is 12.8 Å². The molecule has 2 aromatic carbocycles. The summed E-state index contributed by atoms with van der Waals surface area (Å²) in [5, 5.41) is 24.2. The average Bonchev–Trinajstić information content (AvgIpc) is 2.57. The Bertz CT molecular complexity index is 554. The lowest BCUT2D eigenvalue weighted by molar-refractivity contribution is 0.814. The third-order valence-electron chi connectivity index (χ3n) is 3.37. The average molecular weight is 309 g/mol. The molecule has 0 bridgehead atoms. The van der Waals surface area contributed by atoms with Gasteiger partial charge in [-0.1, -0.05) is 60.7 Å². The van der Waals surface area contributed by atoms with Crippen LogP contribution in [0.5, 0.6) is 0 Å². The topological polar surface area (TPSA) is 83.8 Å². The minimum absolute atomic E-state index is 0.137. The van der Waals surface area contributed by atoms with Gasteiger partial charge in [-0.25, -0.2) is 0 Å². The first-order valence-electron chi connectivity index (χ1n) is 7.74. The fourth-order valence-electron chi connectivity index (χ4n) is 2.17. The monoisotopic (exact) mass is 309 g/mol. The maximum absolute atomic E-state index is 7.78. The van der Waals surface area contributed by atoms with Crippen LogP contribution in [0.4, 0.5) is 0 Å². The van der Waals surface area contributed by atoms with Crippen molar-refractivity contribution in [3.8, 4) is 0 Å². The fourth-order valence-corrected chi connectivity index (χ4v) is 2.17. The standard InChI is InChI=1S/C18H23N5/c19-17(21-13-11-15-7-3-1-4-8-15)23-18(20)22-14-12-16-9-5-2-6-10-16/h1-10H,11-14H2,(H5,19,20,21,22,23). The Balaban J connectivity index is 1.58. The molecule has 0 aliphatic rings. The third kappa shape index (κ3) is 6.65. The Morgan fingerprint density at radius 2 is 1.04 bits per heavy atom. The summed E-state index contributed by atoms with van der Waals surface area (Å²) in [4.78, 5) is 0. The van der Waals surface area contributed by atoms with Gasteiger partial charge in [-0.3, -0.25) is 16.1 Å². The molecule has 5 N–H and O–H groups in total. The second-order valence-corrected chi connectivity index (χ2v) is 5.20. The molecular weight excluding hydrogens is 286 g/mol. The molecule has 0 spiro atoms. The quantitative estimate of drug-likeness (QED) is 0.418. The van der Waals surface area contributed by atoms with E-state index in [1.54, 1.807) is 0 Å². The SMILES string of the molecule is N=C(NCCc1ccccc1)NC(=N)NCCc1ccccc1. The molecule has 2 rings (SSSR count). The van der Waals surface area contributed by atoms with E-state index in [1.165, 1.54) is 11.1 Å². The van der Waals surface area contributed by atoms with E-state index in [9.17, 15) is 0 Å². The summed E-state index contributed by atoms with van der Waals surface area (Å²) in [5.41, 5.74) is 2.45. The molecule has 0 aliphatic carbocycles. The van der Waals surface area contributed by atoms with E-state index < -0.39 is 0 Å². The summed E-state index contributed by atoms with van der Waals surface area (Å²) in [6, 6.07) is 20.2. The lowest BCUT2D eigenvalue weighted by Gasteiger charge is -2.12. The third-order valence-corrected chi connectivity index (χ3v) is 3.37. The van der Waals surface area contributed by atoms with E-state index in [0.717, 1.165) is 12.8 Å². The molecule has 23 heavy (non-hydrogen) atoms. The zero-order valence-corrected chi connectivity index (χ0v) is 13.1. The van der Waals surface area contributed by atoms with Crippen LogP contribution in [0.25, 0.3) is 0 Å². The Morgan fingerprint density at radius 1 is 0.652 bits per heavy atom. The van der Waals surface area contributed by atoms with Crippen LogP contribution in [0.1, 0.15) is 11.1 Å². The van der Waals surface area contributed by atoms with Gasteiger partial charge < -0.3 is 10.6 Å². The molecule has 0 fully saturated rings. The van der Waals surface area contributed by atoms with Gasteiger partial charge in [-0.05, 0) is 24.0 Å². The largest absolute Gasteiger partial charge is 0.356 e. The van der Waals surface area contributed by atoms with Gasteiger partial charge in [0.15, 0.2) is 11.9 Å². The first-order chi connectivity index (χ1) is 11.2. The van der Waals surface area contributed by atoms with E-state index in [2.05, 4.69) is 40.2 Å². The highest BCUT2D eigenvalue weighted by Crippen LogP contribution is 1.98. The van der Waals surface area contributed by atoms with Gasteiger partial charge in [0.2, 0.25) is 0 Å². The second-order valence-electron chi connectivity index (χ2n) is 5.20. The van der Waals surface area contributed by atoms with Crippen LogP contribution in [-0.4, -0.2) is 25.0 Å². The summed E-state index contributed by atoms with van der Waals surface area (Å²) in [6.45, 7) is 1.32. The number of rotatable bonds is 6. The van der Waals surface area contributed by atoms with E-state index in [4.69, 9.17) is 10.8 Å². The van der Waals surface area contributed by atoms with Crippen LogP contribution in [0.15, 0.2) is 60.7 Å². The van der Waals surface area contributed by atoms with Crippen LogP contribution < -0.4 is 16.0 Å². The van der Waals surface area contributed by atoms with Crippen molar-refractivity contribution in [3.05, 3.63) is 71.8 Å². The molecule has 0 heterocycles. The molecule has 120 valence electrons. The van der Waals surface area contributed by atoms with Crippen molar-refractivity contribution in [1.82, 2.24) is 16.0 Å². The van der Waals surface area contributed by atoms with Crippen LogP contribution in [0.3, 0.4) is 0 Å². The maximum Gasteiger partial charge on any atom is 0.195 e. The van der Waals surface area contributed by atoms with E-state index in [1.807, 2.05) is 36.4 Å². The fraction of sp³-hybridized carbons (Fsp3) is 0.222. The second kappa shape index (κ2) is 9.25. The van der Waals surface area contributed by atoms with Gasteiger partial charge in [-0.15, -0.1) is 0 Å². The zero-order chi connectivity index (χ0) is 16.3. The Kier molecular flexibility index (Phi) is 6.65. The first kappa shape index (κ1) is 16.5. The van der Waals surface area contributed by atoms with Gasteiger partial charge >= 0.3 is 0 Å². The predicted molar refractivity (Wildman–Crippen MR) is 94.9 cm³/mol. The summed E-state index contributed by atoms with van der Waals surface area (Å²) in [6.07, 6.45) is 1.69. The van der Waals surface area contributed by atoms with Gasteiger partial charge in [-0.2, -0.15) is 0 Å². The first-order valence-corrected chi connectivity index (χ1v) is 7.74. The smallest absolute Gasteiger partial charge is 0.195 e. The summed E-state index contributed by atoms with van der Waals surface area (Å²) in [7, 11) is 0. The molecule has 0 atom stereocenters. The number of hydrogen-bond acceptors (Lipinski definition) is 2. The predicted octanol–water partition coefficient (Wildman–Crippen LogP) is 2.11. The minimum atomic E-state index is 0.137. The molecule has 2 aromatic rings. The lowest BCUT2D eigenvalue weighted by Crippen LogP contribution is -2.46. The highest BCUT2D eigenvalue weighted by Gasteiger charge is 2.00. The van der Waals surface area contributed by atoms with E-state index in [0.29, 0.717) is 13.1 Å². The Labute approximate surface area is 137 Å². The van der Waals surface area contributed by atoms with Crippen molar-refractivity contribution >= 4 is 11.9 Å². The number of benzene rings is 2. The molecule has 5 heteroatoms. The van der Waals surface area contributed by atoms with Crippen molar-refractivity contribution in [2.45, 2.75) is 12.8 Å². The summed E-state index contributed by atoms with van der Waals surface area (Å²) >= 11 is 0. The summed E-state index contributed by atoms with van der Waals surface area (Å²) < 4.78 is 0. The highest BCUT2D eigenvalue weighted by molar-refractivity contribution is 5.95. The summed E-state index contributed by atoms with van der Waals surface area (Å²) in [5.74, 6) is 0.274. The maximum atomic E-state index is 7.78. The normalized spacial score (nSPS) is 9.91. The molecule has 0 saturated heterocycles. The van der Waals surface area contributed by atoms with Crippen LogP contribution in [0, 0.1) is 10.8 Å². The molecule has 0 saturated carbocycles. The van der Waals surface area contributed by atoms with Gasteiger partial charge in [0, 0.05) is 13.1 Å².